The predicted octanol–water partition coefficient (Wildman–Crippen LogP) is 2.38. The highest BCUT2D eigenvalue weighted by Gasteiger charge is 2.29. The summed E-state index contributed by atoms with van der Waals surface area (Å²) >= 11 is 0. The van der Waals surface area contributed by atoms with Gasteiger partial charge in [-0.25, -0.2) is 4.98 Å². The fourth-order valence-electron chi connectivity index (χ4n) is 2.86. The van der Waals surface area contributed by atoms with Crippen LogP contribution in [0.15, 0.2) is 24.3 Å². The van der Waals surface area contributed by atoms with Gasteiger partial charge in [-0.15, -0.1) is 0 Å². The van der Waals surface area contributed by atoms with Crippen molar-refractivity contribution in [3.63, 3.8) is 0 Å². The molecule has 0 aliphatic carbocycles. The maximum atomic E-state index is 12.9. The summed E-state index contributed by atoms with van der Waals surface area (Å²) in [6.45, 7) is 7.77. The van der Waals surface area contributed by atoms with E-state index in [0.717, 1.165) is 17.2 Å². The SMILES string of the molecule is CN(C)c1cccc([C@@H]2CN(C(=O)c3cc(C(C)(C)C)[nH]n3)CCO2)n1. The number of carbonyl (C=O) groups excluding carboxylic acids is 1. The number of nitrogens with one attached hydrogen (secondary N) is 1. The minimum Gasteiger partial charge on any atom is -0.368 e. The highest BCUT2D eigenvalue weighted by Crippen LogP contribution is 2.25. The number of ether oxygens (including phenoxy) is 1. The summed E-state index contributed by atoms with van der Waals surface area (Å²) in [5.74, 6) is 0.797. The Morgan fingerprint density at radius 2 is 2.12 bits per heavy atom. The normalized spacial score (nSPS) is 18.0. The molecule has 140 valence electrons. The summed E-state index contributed by atoms with van der Waals surface area (Å²) in [6.07, 6.45) is -0.228. The zero-order valence-electron chi connectivity index (χ0n) is 16.1. The van der Waals surface area contributed by atoms with Crippen LogP contribution in [0.2, 0.25) is 0 Å². The van der Waals surface area contributed by atoms with Crippen LogP contribution in [0.25, 0.3) is 0 Å². The third kappa shape index (κ3) is 3.88. The van der Waals surface area contributed by atoms with E-state index in [-0.39, 0.29) is 17.4 Å². The largest absolute Gasteiger partial charge is 0.368 e. The Hall–Kier alpha value is -2.41. The van der Waals surface area contributed by atoms with E-state index in [1.807, 2.05) is 43.3 Å². The number of carbonyl (C=O) groups is 1. The van der Waals surface area contributed by atoms with Crippen LogP contribution < -0.4 is 4.90 Å². The lowest BCUT2D eigenvalue weighted by atomic mass is 9.92. The second-order valence-electron chi connectivity index (χ2n) is 7.84. The van der Waals surface area contributed by atoms with Gasteiger partial charge in [-0.1, -0.05) is 26.8 Å². The van der Waals surface area contributed by atoms with Crippen molar-refractivity contribution < 1.29 is 9.53 Å². The number of nitrogens with zero attached hydrogens (tertiary/aromatic N) is 4. The summed E-state index contributed by atoms with van der Waals surface area (Å²) in [5.41, 5.74) is 2.16. The number of pyridine rings is 1. The lowest BCUT2D eigenvalue weighted by Gasteiger charge is -2.32. The second kappa shape index (κ2) is 7.07. The highest BCUT2D eigenvalue weighted by atomic mass is 16.5. The molecule has 2 aromatic rings. The zero-order valence-corrected chi connectivity index (χ0v) is 16.1. The van der Waals surface area contributed by atoms with Gasteiger partial charge >= 0.3 is 0 Å². The maximum absolute atomic E-state index is 12.9. The van der Waals surface area contributed by atoms with Gasteiger partial charge < -0.3 is 14.5 Å². The first-order chi connectivity index (χ1) is 12.3. The van der Waals surface area contributed by atoms with Crippen molar-refractivity contribution in [2.45, 2.75) is 32.3 Å². The summed E-state index contributed by atoms with van der Waals surface area (Å²) in [5, 5.41) is 7.20. The Kier molecular flexibility index (Phi) is 5.00. The van der Waals surface area contributed by atoms with Crippen molar-refractivity contribution in [2.24, 2.45) is 0 Å². The van der Waals surface area contributed by atoms with Crippen LogP contribution in [0, 0.1) is 0 Å². The van der Waals surface area contributed by atoms with Crippen molar-refractivity contribution in [3.8, 4) is 0 Å². The number of hydrogen-bond donors (Lipinski definition) is 1. The van der Waals surface area contributed by atoms with E-state index in [1.54, 1.807) is 4.90 Å². The quantitative estimate of drug-likeness (QED) is 0.913. The zero-order chi connectivity index (χ0) is 18.9. The standard InChI is InChI=1S/C19H27N5O2/c1-19(2,3)16-11-14(21-22-16)18(25)24-9-10-26-15(12-24)13-7-6-8-17(20-13)23(4)5/h6-8,11,15H,9-10,12H2,1-5H3,(H,21,22)/t15-/m0/s1. The number of anilines is 1. The monoisotopic (exact) mass is 357 g/mol. The number of H-pyrrole nitrogens is 1. The molecule has 2 aromatic heterocycles. The van der Waals surface area contributed by atoms with Crippen LogP contribution in [0.4, 0.5) is 5.82 Å². The van der Waals surface area contributed by atoms with Crippen LogP contribution >= 0.6 is 0 Å². The number of morpholine rings is 1. The van der Waals surface area contributed by atoms with E-state index in [1.165, 1.54) is 0 Å². The van der Waals surface area contributed by atoms with Gasteiger partial charge in [0.25, 0.3) is 5.91 Å². The molecular weight excluding hydrogens is 330 g/mol. The lowest BCUT2D eigenvalue weighted by molar-refractivity contribution is -0.0248. The Bertz CT molecular complexity index is 778. The number of aromatic amines is 1. The van der Waals surface area contributed by atoms with Gasteiger partial charge in [-0.3, -0.25) is 9.89 Å². The van der Waals surface area contributed by atoms with E-state index in [4.69, 9.17) is 4.74 Å². The molecule has 1 aliphatic rings. The molecule has 0 aromatic carbocycles. The van der Waals surface area contributed by atoms with Crippen molar-refractivity contribution >= 4 is 11.7 Å². The van der Waals surface area contributed by atoms with Crippen LogP contribution in [0.1, 0.15) is 48.8 Å². The molecule has 3 heterocycles. The van der Waals surface area contributed by atoms with Crippen molar-refractivity contribution in [2.75, 3.05) is 38.7 Å². The molecule has 0 spiro atoms. The van der Waals surface area contributed by atoms with Gasteiger partial charge in [0.15, 0.2) is 0 Å². The molecule has 1 saturated heterocycles. The first-order valence-corrected chi connectivity index (χ1v) is 8.87. The van der Waals surface area contributed by atoms with Crippen molar-refractivity contribution in [1.29, 1.82) is 0 Å². The molecule has 3 rings (SSSR count). The molecule has 0 radical (unpaired) electrons. The molecular formula is C19H27N5O2. The Balaban J connectivity index is 1.75. The summed E-state index contributed by atoms with van der Waals surface area (Å²) in [6, 6.07) is 7.70. The van der Waals surface area contributed by atoms with E-state index < -0.39 is 0 Å². The molecule has 1 atom stereocenters. The van der Waals surface area contributed by atoms with E-state index in [0.29, 0.717) is 25.4 Å². The maximum Gasteiger partial charge on any atom is 0.274 e. The molecule has 26 heavy (non-hydrogen) atoms. The lowest BCUT2D eigenvalue weighted by Crippen LogP contribution is -2.42. The molecule has 7 heteroatoms. The average molecular weight is 357 g/mol. The smallest absolute Gasteiger partial charge is 0.274 e. The first kappa shape index (κ1) is 18.4. The third-order valence-corrected chi connectivity index (χ3v) is 4.50. The summed E-state index contributed by atoms with van der Waals surface area (Å²) < 4.78 is 5.87. The van der Waals surface area contributed by atoms with Crippen LogP contribution in [-0.2, 0) is 10.2 Å². The first-order valence-electron chi connectivity index (χ1n) is 8.87. The minimum absolute atomic E-state index is 0.0738. The third-order valence-electron chi connectivity index (χ3n) is 4.50. The molecule has 1 N–H and O–H groups in total. The average Bonchev–Trinajstić information content (AvgIpc) is 3.12. The fraction of sp³-hybridized carbons (Fsp3) is 0.526. The molecule has 1 amide bonds. The highest BCUT2D eigenvalue weighted by molar-refractivity contribution is 5.92. The molecule has 0 unspecified atom stereocenters. The number of hydrogen-bond acceptors (Lipinski definition) is 5. The van der Waals surface area contributed by atoms with Gasteiger partial charge in [-0.2, -0.15) is 5.10 Å². The van der Waals surface area contributed by atoms with Gasteiger partial charge in [0, 0.05) is 31.7 Å². The second-order valence-corrected chi connectivity index (χ2v) is 7.84. The van der Waals surface area contributed by atoms with E-state index in [9.17, 15) is 4.79 Å². The molecule has 1 aliphatic heterocycles. The molecule has 1 fully saturated rings. The van der Waals surface area contributed by atoms with Gasteiger partial charge in [0.1, 0.15) is 17.6 Å². The predicted molar refractivity (Wildman–Crippen MR) is 100 cm³/mol. The van der Waals surface area contributed by atoms with Crippen LogP contribution in [-0.4, -0.2) is 59.8 Å². The van der Waals surface area contributed by atoms with E-state index >= 15 is 0 Å². The molecule has 0 saturated carbocycles. The van der Waals surface area contributed by atoms with E-state index in [2.05, 4.69) is 36.0 Å². The topological polar surface area (TPSA) is 74.4 Å². The Labute approximate surface area is 154 Å². The number of amides is 1. The minimum atomic E-state index is -0.228. The van der Waals surface area contributed by atoms with Crippen molar-refractivity contribution in [1.82, 2.24) is 20.1 Å². The number of aromatic nitrogens is 3. The number of rotatable bonds is 3. The van der Waals surface area contributed by atoms with Crippen LogP contribution in [0.5, 0.6) is 0 Å². The van der Waals surface area contributed by atoms with Crippen LogP contribution in [0.3, 0.4) is 0 Å². The Morgan fingerprint density at radius 1 is 1.35 bits per heavy atom. The Morgan fingerprint density at radius 3 is 2.77 bits per heavy atom. The summed E-state index contributed by atoms with van der Waals surface area (Å²) in [4.78, 5) is 21.2. The van der Waals surface area contributed by atoms with Gasteiger partial charge in [0.2, 0.25) is 0 Å². The molecule has 0 bridgehead atoms. The van der Waals surface area contributed by atoms with Crippen molar-refractivity contribution in [3.05, 3.63) is 41.3 Å². The van der Waals surface area contributed by atoms with Gasteiger partial charge in [0.05, 0.1) is 18.8 Å². The van der Waals surface area contributed by atoms with Gasteiger partial charge in [-0.05, 0) is 18.2 Å². The summed E-state index contributed by atoms with van der Waals surface area (Å²) in [7, 11) is 3.90. The molecule has 7 nitrogen and oxygen atoms in total. The fourth-order valence-corrected chi connectivity index (χ4v) is 2.86.